The molecule has 1 aromatic heterocycles. The minimum Gasteiger partial charge on any atom is -0.246 e. The van der Waals surface area contributed by atoms with Crippen molar-refractivity contribution in [2.75, 3.05) is 6.54 Å². The van der Waals surface area contributed by atoms with Crippen LogP contribution >= 0.6 is 27.5 Å². The van der Waals surface area contributed by atoms with Crippen molar-refractivity contribution in [2.45, 2.75) is 18.2 Å². The number of nitrogens with one attached hydrogen (secondary N) is 1. The maximum absolute atomic E-state index is 11.6. The quantitative estimate of drug-likeness (QED) is 0.681. The van der Waals surface area contributed by atoms with Crippen molar-refractivity contribution in [3.8, 4) is 0 Å². The Bertz CT molecular complexity index is 363. The number of aromatic nitrogens is 1. The van der Waals surface area contributed by atoms with E-state index in [4.69, 9.17) is 11.6 Å². The van der Waals surface area contributed by atoms with Crippen LogP contribution in [-0.2, 0) is 11.0 Å². The standard InChI is InChI=1S/C8H10BrClN2OS.C2H4/c1-2-3-12-14(13)7-4-6(10)5-11-8(7)9;1-2/h4-5,12H,2-3H2,1H3;1-2H2. The number of halogens is 2. The first-order chi connectivity index (χ1) is 7.65. The second kappa shape index (κ2) is 8.87. The van der Waals surface area contributed by atoms with Gasteiger partial charge in [-0.3, -0.25) is 0 Å². The minimum absolute atomic E-state index is 0.481. The third-order valence-corrected chi connectivity index (χ3v) is 3.73. The molecule has 0 saturated carbocycles. The maximum atomic E-state index is 11.6. The fourth-order valence-corrected chi connectivity index (χ4v) is 2.67. The molecule has 16 heavy (non-hydrogen) atoms. The highest BCUT2D eigenvalue weighted by Crippen LogP contribution is 2.20. The Morgan fingerprint density at radius 2 is 2.25 bits per heavy atom. The normalized spacial score (nSPS) is 11.4. The first-order valence-electron chi connectivity index (χ1n) is 4.61. The summed E-state index contributed by atoms with van der Waals surface area (Å²) in [5.41, 5.74) is 0. The minimum atomic E-state index is -1.25. The van der Waals surface area contributed by atoms with Crippen LogP contribution in [0.25, 0.3) is 0 Å². The van der Waals surface area contributed by atoms with E-state index in [0.717, 1.165) is 6.42 Å². The topological polar surface area (TPSA) is 42.0 Å². The Hall–Kier alpha value is -0.230. The number of nitrogens with zero attached hydrogens (tertiary/aromatic N) is 1. The highest BCUT2D eigenvalue weighted by atomic mass is 79.9. The smallest absolute Gasteiger partial charge is 0.127 e. The number of rotatable bonds is 4. The van der Waals surface area contributed by atoms with Gasteiger partial charge in [0.15, 0.2) is 0 Å². The molecule has 0 radical (unpaired) electrons. The van der Waals surface area contributed by atoms with Gasteiger partial charge >= 0.3 is 0 Å². The average molecular weight is 326 g/mol. The molecule has 1 unspecified atom stereocenters. The van der Waals surface area contributed by atoms with Crippen LogP contribution in [0.15, 0.2) is 34.9 Å². The SMILES string of the molecule is C=C.CCCNS(=O)c1cc(Cl)cnc1Br. The van der Waals surface area contributed by atoms with Gasteiger partial charge in [-0.05, 0) is 28.4 Å². The van der Waals surface area contributed by atoms with Crippen LogP contribution in [0.5, 0.6) is 0 Å². The largest absolute Gasteiger partial charge is 0.246 e. The lowest BCUT2D eigenvalue weighted by Gasteiger charge is -2.04. The summed E-state index contributed by atoms with van der Waals surface area (Å²) in [5.74, 6) is 0. The lowest BCUT2D eigenvalue weighted by molar-refractivity contribution is 0.669. The molecule has 1 aromatic rings. The molecule has 0 saturated heterocycles. The first-order valence-corrected chi connectivity index (χ1v) is 6.93. The predicted octanol–water partition coefficient (Wildman–Crippen LogP) is 3.32. The van der Waals surface area contributed by atoms with Crippen LogP contribution in [0.4, 0.5) is 0 Å². The monoisotopic (exact) mass is 324 g/mol. The van der Waals surface area contributed by atoms with E-state index in [1.54, 1.807) is 6.07 Å². The summed E-state index contributed by atoms with van der Waals surface area (Å²) < 4.78 is 15.1. The second-order valence-electron chi connectivity index (χ2n) is 2.61. The van der Waals surface area contributed by atoms with Gasteiger partial charge in [0, 0.05) is 12.7 Å². The summed E-state index contributed by atoms with van der Waals surface area (Å²) in [5, 5.41) is 0.481. The van der Waals surface area contributed by atoms with Crippen molar-refractivity contribution >= 4 is 38.5 Å². The van der Waals surface area contributed by atoms with E-state index < -0.39 is 11.0 Å². The molecule has 1 N–H and O–H groups in total. The van der Waals surface area contributed by atoms with E-state index in [1.165, 1.54) is 6.20 Å². The predicted molar refractivity (Wildman–Crippen MR) is 72.9 cm³/mol. The van der Waals surface area contributed by atoms with Crippen LogP contribution in [0.1, 0.15) is 13.3 Å². The van der Waals surface area contributed by atoms with Gasteiger partial charge in [0.2, 0.25) is 0 Å². The Balaban J connectivity index is 0.00000106. The maximum Gasteiger partial charge on any atom is 0.127 e. The summed E-state index contributed by atoms with van der Waals surface area (Å²) in [6.07, 6.45) is 2.43. The highest BCUT2D eigenvalue weighted by molar-refractivity contribution is 9.10. The van der Waals surface area contributed by atoms with Crippen LogP contribution in [-0.4, -0.2) is 15.7 Å². The van der Waals surface area contributed by atoms with E-state index >= 15 is 0 Å². The van der Waals surface area contributed by atoms with E-state index in [9.17, 15) is 4.21 Å². The molecule has 0 amide bonds. The van der Waals surface area contributed by atoms with Gasteiger partial charge in [-0.25, -0.2) is 13.9 Å². The molecule has 0 aliphatic carbocycles. The van der Waals surface area contributed by atoms with Gasteiger partial charge < -0.3 is 0 Å². The van der Waals surface area contributed by atoms with Gasteiger partial charge in [-0.1, -0.05) is 18.5 Å². The van der Waals surface area contributed by atoms with Crippen molar-refractivity contribution in [1.82, 2.24) is 9.71 Å². The molecule has 0 aromatic carbocycles. The van der Waals surface area contributed by atoms with E-state index in [2.05, 4.69) is 38.8 Å². The van der Waals surface area contributed by atoms with E-state index in [0.29, 0.717) is 21.1 Å². The van der Waals surface area contributed by atoms with Crippen LogP contribution in [0, 0.1) is 0 Å². The fourth-order valence-electron chi connectivity index (χ4n) is 0.807. The Morgan fingerprint density at radius 1 is 1.62 bits per heavy atom. The van der Waals surface area contributed by atoms with Gasteiger partial charge in [-0.15, -0.1) is 13.2 Å². The molecule has 1 atom stereocenters. The Labute approximate surface area is 112 Å². The molecule has 1 heterocycles. The molecule has 0 fully saturated rings. The van der Waals surface area contributed by atoms with Crippen LogP contribution in [0.2, 0.25) is 5.02 Å². The zero-order chi connectivity index (χ0) is 12.6. The molecule has 1 rings (SSSR count). The fraction of sp³-hybridized carbons (Fsp3) is 0.300. The Kier molecular flexibility index (Phi) is 8.74. The zero-order valence-corrected chi connectivity index (χ0v) is 12.2. The molecule has 0 aliphatic rings. The lowest BCUT2D eigenvalue weighted by Crippen LogP contribution is -2.18. The van der Waals surface area contributed by atoms with Crippen molar-refractivity contribution in [1.29, 1.82) is 0 Å². The number of hydrogen-bond donors (Lipinski definition) is 1. The third-order valence-electron chi connectivity index (χ3n) is 1.46. The molecule has 3 nitrogen and oxygen atoms in total. The molecular formula is C10H14BrClN2OS. The molecule has 6 heteroatoms. The summed E-state index contributed by atoms with van der Waals surface area (Å²) >= 11 is 8.97. The number of hydrogen-bond acceptors (Lipinski definition) is 2. The van der Waals surface area contributed by atoms with Crippen molar-refractivity contribution in [3.63, 3.8) is 0 Å². The molecular weight excluding hydrogens is 312 g/mol. The summed E-state index contributed by atoms with van der Waals surface area (Å²) in [6, 6.07) is 1.64. The molecule has 90 valence electrons. The van der Waals surface area contributed by atoms with Gasteiger partial charge in [-0.2, -0.15) is 0 Å². The third kappa shape index (κ3) is 5.21. The molecule has 0 aliphatic heterocycles. The van der Waals surface area contributed by atoms with Crippen molar-refractivity contribution in [3.05, 3.63) is 35.0 Å². The Morgan fingerprint density at radius 3 is 2.81 bits per heavy atom. The van der Waals surface area contributed by atoms with Gasteiger partial charge in [0.25, 0.3) is 0 Å². The van der Waals surface area contributed by atoms with Crippen molar-refractivity contribution in [2.24, 2.45) is 0 Å². The highest BCUT2D eigenvalue weighted by Gasteiger charge is 2.09. The zero-order valence-electron chi connectivity index (χ0n) is 9.00. The van der Waals surface area contributed by atoms with E-state index in [-0.39, 0.29) is 0 Å². The summed E-state index contributed by atoms with van der Waals surface area (Å²) in [4.78, 5) is 4.53. The second-order valence-corrected chi connectivity index (χ2v) is 5.06. The van der Waals surface area contributed by atoms with Crippen molar-refractivity contribution < 1.29 is 4.21 Å². The van der Waals surface area contributed by atoms with Crippen LogP contribution < -0.4 is 4.72 Å². The average Bonchev–Trinajstić information content (AvgIpc) is 2.31. The van der Waals surface area contributed by atoms with Crippen LogP contribution in [0.3, 0.4) is 0 Å². The molecule has 0 bridgehead atoms. The summed E-state index contributed by atoms with van der Waals surface area (Å²) in [6.45, 7) is 8.71. The molecule has 0 spiro atoms. The van der Waals surface area contributed by atoms with Gasteiger partial charge in [0.05, 0.1) is 9.92 Å². The number of pyridine rings is 1. The van der Waals surface area contributed by atoms with Gasteiger partial charge in [0.1, 0.15) is 15.6 Å². The first kappa shape index (κ1) is 15.8. The summed E-state index contributed by atoms with van der Waals surface area (Å²) in [7, 11) is -1.25. The lowest BCUT2D eigenvalue weighted by atomic mass is 10.5. The van der Waals surface area contributed by atoms with E-state index in [1.807, 2.05) is 6.92 Å².